The van der Waals surface area contributed by atoms with E-state index in [4.69, 9.17) is 0 Å². The molecule has 8 nitrogen and oxygen atoms in total. The maximum atomic E-state index is 12.7. The van der Waals surface area contributed by atoms with Crippen molar-refractivity contribution in [1.29, 1.82) is 0 Å². The van der Waals surface area contributed by atoms with Crippen molar-refractivity contribution in [3.63, 3.8) is 0 Å². The molecule has 0 unspecified atom stereocenters. The number of fused-ring (bicyclic) bond motifs is 2. The third kappa shape index (κ3) is 3.22. The Morgan fingerprint density at radius 3 is 2.31 bits per heavy atom. The number of benzene rings is 2. The van der Waals surface area contributed by atoms with Gasteiger partial charge in [0.05, 0.1) is 35.2 Å². The van der Waals surface area contributed by atoms with Gasteiger partial charge < -0.3 is 5.32 Å². The highest BCUT2D eigenvalue weighted by Crippen LogP contribution is 2.24. The van der Waals surface area contributed by atoms with Gasteiger partial charge in [-0.3, -0.25) is 24.0 Å². The maximum Gasteiger partial charge on any atom is 0.261 e. The maximum absolute atomic E-state index is 12.7. The number of imide groups is 1. The summed E-state index contributed by atoms with van der Waals surface area (Å²) in [5.41, 5.74) is 4.21. The molecule has 3 amide bonds. The first-order valence-electron chi connectivity index (χ1n) is 10.1. The Balaban J connectivity index is 1.30. The van der Waals surface area contributed by atoms with Gasteiger partial charge in [-0.1, -0.05) is 24.3 Å². The standard InChI is InChI=1S/C24H19N5O3/c1-14-20-11-17(12-25-21(20)28(2)27-14)26-22(30)16-9-7-15(8-10-16)13-29-23(31)18-5-3-4-6-19(18)24(29)32/h3-12H,13H2,1-2H3,(H,26,30). The van der Waals surface area contributed by atoms with Crippen molar-refractivity contribution in [2.75, 3.05) is 5.32 Å². The quantitative estimate of drug-likeness (QED) is 0.506. The summed E-state index contributed by atoms with van der Waals surface area (Å²) < 4.78 is 1.70. The Morgan fingerprint density at radius 1 is 1.00 bits per heavy atom. The van der Waals surface area contributed by atoms with Crippen LogP contribution in [0.4, 0.5) is 5.69 Å². The van der Waals surface area contributed by atoms with Crippen LogP contribution in [0.1, 0.15) is 42.3 Å². The van der Waals surface area contributed by atoms with Crippen LogP contribution in [0.5, 0.6) is 0 Å². The van der Waals surface area contributed by atoms with Gasteiger partial charge in [-0.15, -0.1) is 0 Å². The summed E-state index contributed by atoms with van der Waals surface area (Å²) in [5, 5.41) is 8.06. The first-order chi connectivity index (χ1) is 15.4. The molecule has 3 heterocycles. The number of carbonyl (C=O) groups is 3. The molecule has 0 saturated heterocycles. The number of aromatic nitrogens is 3. The first kappa shape index (κ1) is 19.6. The van der Waals surface area contributed by atoms with Crippen molar-refractivity contribution < 1.29 is 14.4 Å². The average Bonchev–Trinajstić information content (AvgIpc) is 3.22. The van der Waals surface area contributed by atoms with Crippen LogP contribution < -0.4 is 5.32 Å². The Kier molecular flexibility index (Phi) is 4.55. The minimum Gasteiger partial charge on any atom is -0.321 e. The number of carbonyl (C=O) groups excluding carboxylic acids is 3. The number of nitrogens with zero attached hydrogens (tertiary/aromatic N) is 4. The van der Waals surface area contributed by atoms with E-state index in [0.29, 0.717) is 22.4 Å². The van der Waals surface area contributed by atoms with Crippen LogP contribution in [0.2, 0.25) is 0 Å². The number of anilines is 1. The first-order valence-corrected chi connectivity index (χ1v) is 10.1. The Bertz CT molecular complexity index is 1370. The van der Waals surface area contributed by atoms with Gasteiger partial charge in [0.2, 0.25) is 0 Å². The molecule has 4 aromatic rings. The summed E-state index contributed by atoms with van der Waals surface area (Å²) in [6, 6.07) is 15.5. The fourth-order valence-electron chi connectivity index (χ4n) is 3.91. The molecule has 0 radical (unpaired) electrons. The van der Waals surface area contributed by atoms with Gasteiger partial charge in [-0.05, 0) is 42.8 Å². The fraction of sp³-hybridized carbons (Fsp3) is 0.125. The van der Waals surface area contributed by atoms with E-state index >= 15 is 0 Å². The molecule has 1 aliphatic heterocycles. The lowest BCUT2D eigenvalue weighted by molar-refractivity contribution is 0.0642. The van der Waals surface area contributed by atoms with Gasteiger partial charge in [0, 0.05) is 18.0 Å². The SMILES string of the molecule is Cc1nn(C)c2ncc(NC(=O)c3ccc(CN4C(=O)c5ccccc5C4=O)cc3)cc12. The molecule has 158 valence electrons. The van der Waals surface area contributed by atoms with E-state index in [-0.39, 0.29) is 24.3 Å². The van der Waals surface area contributed by atoms with Gasteiger partial charge in [-0.25, -0.2) is 4.98 Å². The monoisotopic (exact) mass is 425 g/mol. The molecule has 0 aliphatic carbocycles. The molecule has 0 fully saturated rings. The fourth-order valence-corrected chi connectivity index (χ4v) is 3.91. The molecule has 2 aromatic heterocycles. The summed E-state index contributed by atoms with van der Waals surface area (Å²) in [7, 11) is 1.82. The molecule has 0 saturated carbocycles. The van der Waals surface area contributed by atoms with E-state index < -0.39 is 0 Å². The van der Waals surface area contributed by atoms with Crippen molar-refractivity contribution in [1.82, 2.24) is 19.7 Å². The summed E-state index contributed by atoms with van der Waals surface area (Å²) in [4.78, 5) is 43.3. The van der Waals surface area contributed by atoms with Gasteiger partial charge in [0.1, 0.15) is 0 Å². The number of hydrogen-bond acceptors (Lipinski definition) is 5. The molecular formula is C24H19N5O3. The molecule has 8 heteroatoms. The number of rotatable bonds is 4. The molecular weight excluding hydrogens is 406 g/mol. The second-order valence-electron chi connectivity index (χ2n) is 7.70. The number of amides is 3. The van der Waals surface area contributed by atoms with Crippen molar-refractivity contribution in [3.05, 3.63) is 88.7 Å². The zero-order valence-electron chi connectivity index (χ0n) is 17.5. The molecule has 0 bridgehead atoms. The highest BCUT2D eigenvalue weighted by atomic mass is 16.2. The molecule has 1 aliphatic rings. The zero-order chi connectivity index (χ0) is 22.4. The predicted molar refractivity (Wildman–Crippen MR) is 118 cm³/mol. The third-order valence-electron chi connectivity index (χ3n) is 5.56. The molecule has 0 spiro atoms. The van der Waals surface area contributed by atoms with Crippen molar-refractivity contribution in [2.24, 2.45) is 7.05 Å². The number of pyridine rings is 1. The topological polar surface area (TPSA) is 97.2 Å². The highest BCUT2D eigenvalue weighted by molar-refractivity contribution is 6.21. The molecule has 32 heavy (non-hydrogen) atoms. The summed E-state index contributed by atoms with van der Waals surface area (Å²) in [5.74, 6) is -0.887. The van der Waals surface area contributed by atoms with Crippen LogP contribution in [-0.4, -0.2) is 37.4 Å². The Hall–Kier alpha value is -4.33. The lowest BCUT2D eigenvalue weighted by Gasteiger charge is -2.14. The van der Waals surface area contributed by atoms with Gasteiger partial charge in [0.25, 0.3) is 17.7 Å². The largest absolute Gasteiger partial charge is 0.321 e. The molecule has 5 rings (SSSR count). The number of hydrogen-bond donors (Lipinski definition) is 1. The Morgan fingerprint density at radius 2 is 1.66 bits per heavy atom. The van der Waals surface area contributed by atoms with Crippen LogP contribution in [0, 0.1) is 6.92 Å². The van der Waals surface area contributed by atoms with Crippen molar-refractivity contribution >= 4 is 34.4 Å². The minimum absolute atomic E-state index is 0.148. The summed E-state index contributed by atoms with van der Waals surface area (Å²) in [6.07, 6.45) is 1.60. The average molecular weight is 425 g/mol. The minimum atomic E-state index is -0.305. The van der Waals surface area contributed by atoms with E-state index in [1.807, 2.05) is 20.0 Å². The van der Waals surface area contributed by atoms with E-state index in [1.165, 1.54) is 4.90 Å². The summed E-state index contributed by atoms with van der Waals surface area (Å²) in [6.45, 7) is 2.04. The van der Waals surface area contributed by atoms with Crippen LogP contribution >= 0.6 is 0 Å². The summed E-state index contributed by atoms with van der Waals surface area (Å²) >= 11 is 0. The highest BCUT2D eigenvalue weighted by Gasteiger charge is 2.34. The van der Waals surface area contributed by atoms with Gasteiger partial charge >= 0.3 is 0 Å². The van der Waals surface area contributed by atoms with Crippen LogP contribution in [0.15, 0.2) is 60.8 Å². The molecule has 2 aromatic carbocycles. The number of nitrogens with one attached hydrogen (secondary N) is 1. The lowest BCUT2D eigenvalue weighted by atomic mass is 10.1. The van der Waals surface area contributed by atoms with Gasteiger partial charge in [0.15, 0.2) is 5.65 Å². The zero-order valence-corrected chi connectivity index (χ0v) is 17.5. The smallest absolute Gasteiger partial charge is 0.261 e. The van der Waals surface area contributed by atoms with Crippen LogP contribution in [-0.2, 0) is 13.6 Å². The van der Waals surface area contributed by atoms with E-state index in [0.717, 1.165) is 22.3 Å². The van der Waals surface area contributed by atoms with E-state index in [1.54, 1.807) is 59.4 Å². The second kappa shape index (κ2) is 7.42. The van der Waals surface area contributed by atoms with Crippen LogP contribution in [0.25, 0.3) is 11.0 Å². The van der Waals surface area contributed by atoms with Crippen LogP contribution in [0.3, 0.4) is 0 Å². The van der Waals surface area contributed by atoms with E-state index in [2.05, 4.69) is 15.4 Å². The van der Waals surface area contributed by atoms with Crippen molar-refractivity contribution in [3.8, 4) is 0 Å². The van der Waals surface area contributed by atoms with Gasteiger partial charge in [-0.2, -0.15) is 5.10 Å². The third-order valence-corrected chi connectivity index (χ3v) is 5.56. The van der Waals surface area contributed by atoms with Crippen molar-refractivity contribution in [2.45, 2.75) is 13.5 Å². The predicted octanol–water partition coefficient (Wildman–Crippen LogP) is 3.33. The molecule has 1 N–H and O–H groups in total. The Labute approximate surface area is 183 Å². The lowest BCUT2D eigenvalue weighted by Crippen LogP contribution is -2.29. The number of aryl methyl sites for hydroxylation is 2. The normalized spacial score (nSPS) is 13.0. The van der Waals surface area contributed by atoms with E-state index in [9.17, 15) is 14.4 Å². The second-order valence-corrected chi connectivity index (χ2v) is 7.70. The molecule has 0 atom stereocenters.